The summed E-state index contributed by atoms with van der Waals surface area (Å²) in [6, 6.07) is 15.6. The van der Waals surface area contributed by atoms with E-state index >= 15 is 0 Å². The summed E-state index contributed by atoms with van der Waals surface area (Å²) in [7, 11) is 0. The van der Waals surface area contributed by atoms with Gasteiger partial charge in [-0.05, 0) is 28.7 Å². The minimum atomic E-state index is -0.944. The molecule has 2 aromatic rings. The molecule has 1 saturated heterocycles. The molecule has 2 unspecified atom stereocenters. The molecule has 1 N–H and O–H groups in total. The maximum atomic E-state index is 12.6. The van der Waals surface area contributed by atoms with Gasteiger partial charge in [0.15, 0.2) is 0 Å². The summed E-state index contributed by atoms with van der Waals surface area (Å²) in [5, 5.41) is 9.51. The second-order valence-corrected chi connectivity index (χ2v) is 7.64. The average molecular weight is 379 g/mol. The Hall–Kier alpha value is -2.82. The second-order valence-electron chi connectivity index (χ2n) is 7.64. The Morgan fingerprint density at radius 3 is 2.25 bits per heavy atom. The highest BCUT2D eigenvalue weighted by Gasteiger charge is 2.47. The van der Waals surface area contributed by atoms with Crippen molar-refractivity contribution in [3.63, 3.8) is 0 Å². The van der Waals surface area contributed by atoms with Gasteiger partial charge in [0.2, 0.25) is 0 Å². The topological polar surface area (TPSA) is 66.8 Å². The zero-order chi connectivity index (χ0) is 19.7. The lowest BCUT2D eigenvalue weighted by Gasteiger charge is -2.44. The van der Waals surface area contributed by atoms with E-state index in [-0.39, 0.29) is 18.4 Å². The highest BCUT2D eigenvalue weighted by atomic mass is 16.6. The normalized spacial score (nSPS) is 20.2. The number of ether oxygens (including phenoxy) is 1. The van der Waals surface area contributed by atoms with E-state index in [0.717, 1.165) is 30.4 Å². The van der Waals surface area contributed by atoms with E-state index in [0.29, 0.717) is 6.54 Å². The molecule has 0 radical (unpaired) electrons. The molecule has 2 atom stereocenters. The van der Waals surface area contributed by atoms with Crippen LogP contribution in [0.3, 0.4) is 0 Å². The van der Waals surface area contributed by atoms with Gasteiger partial charge >= 0.3 is 12.1 Å². The van der Waals surface area contributed by atoms with Gasteiger partial charge < -0.3 is 9.84 Å². The summed E-state index contributed by atoms with van der Waals surface area (Å²) in [5.41, 5.74) is 4.64. The van der Waals surface area contributed by atoms with Crippen molar-refractivity contribution in [2.45, 2.75) is 38.1 Å². The van der Waals surface area contributed by atoms with Crippen LogP contribution in [0.1, 0.15) is 43.2 Å². The van der Waals surface area contributed by atoms with Gasteiger partial charge in [0.1, 0.15) is 12.6 Å². The fraction of sp³-hybridized carbons (Fsp3) is 0.391. The first-order valence-corrected chi connectivity index (χ1v) is 9.96. The molecule has 2 aromatic carbocycles. The number of carbonyl (C=O) groups excluding carboxylic acids is 1. The molecule has 0 bridgehead atoms. The lowest BCUT2D eigenvalue weighted by Crippen LogP contribution is -2.62. The molecule has 1 fully saturated rings. The Morgan fingerprint density at radius 2 is 1.68 bits per heavy atom. The predicted octanol–water partition coefficient (Wildman–Crippen LogP) is 4.51. The molecule has 1 amide bonds. The number of likely N-dealkylation sites (tertiary alicyclic amines) is 1. The fourth-order valence-electron chi connectivity index (χ4n) is 4.50. The summed E-state index contributed by atoms with van der Waals surface area (Å²) in [6.07, 6.45) is 2.31. The van der Waals surface area contributed by atoms with Crippen molar-refractivity contribution < 1.29 is 19.4 Å². The van der Waals surface area contributed by atoms with E-state index < -0.39 is 18.1 Å². The Labute approximate surface area is 164 Å². The number of unbranched alkanes of at least 4 members (excludes halogenated alkanes) is 1. The lowest BCUT2D eigenvalue weighted by molar-refractivity contribution is -0.152. The summed E-state index contributed by atoms with van der Waals surface area (Å²) >= 11 is 0. The Kier molecular flexibility index (Phi) is 5.07. The number of carboxylic acids is 1. The number of aliphatic carboxylic acids is 1. The van der Waals surface area contributed by atoms with Crippen molar-refractivity contribution in [3.8, 4) is 11.1 Å². The van der Waals surface area contributed by atoms with Gasteiger partial charge in [0.25, 0.3) is 0 Å². The minimum Gasteiger partial charge on any atom is -0.480 e. The summed E-state index contributed by atoms with van der Waals surface area (Å²) in [4.78, 5) is 25.5. The van der Waals surface area contributed by atoms with E-state index in [2.05, 4.69) is 31.2 Å². The van der Waals surface area contributed by atoms with Crippen LogP contribution in [0, 0.1) is 5.92 Å². The van der Waals surface area contributed by atoms with Crippen LogP contribution in [0.25, 0.3) is 11.1 Å². The van der Waals surface area contributed by atoms with Crippen molar-refractivity contribution in [1.82, 2.24) is 4.90 Å². The molecule has 4 rings (SSSR count). The number of carboxylic acid groups (broad SMARTS) is 1. The number of rotatable bonds is 6. The van der Waals surface area contributed by atoms with Gasteiger partial charge in [-0.2, -0.15) is 0 Å². The van der Waals surface area contributed by atoms with Crippen LogP contribution in [0.2, 0.25) is 0 Å². The molecule has 1 aliphatic carbocycles. The third kappa shape index (κ3) is 3.15. The Bertz CT molecular complexity index is 848. The second kappa shape index (κ2) is 7.66. The van der Waals surface area contributed by atoms with Crippen LogP contribution in [0.4, 0.5) is 4.79 Å². The molecule has 0 aromatic heterocycles. The lowest BCUT2D eigenvalue weighted by atomic mass is 9.85. The number of hydrogen-bond acceptors (Lipinski definition) is 3. The highest BCUT2D eigenvalue weighted by Crippen LogP contribution is 2.44. The van der Waals surface area contributed by atoms with Crippen molar-refractivity contribution in [3.05, 3.63) is 59.7 Å². The summed E-state index contributed by atoms with van der Waals surface area (Å²) < 4.78 is 5.60. The van der Waals surface area contributed by atoms with Crippen LogP contribution < -0.4 is 0 Å². The van der Waals surface area contributed by atoms with E-state index in [1.54, 1.807) is 0 Å². The quantitative estimate of drug-likeness (QED) is 0.802. The van der Waals surface area contributed by atoms with Crippen molar-refractivity contribution >= 4 is 12.1 Å². The van der Waals surface area contributed by atoms with Crippen molar-refractivity contribution in [2.24, 2.45) is 5.92 Å². The molecule has 1 heterocycles. The van der Waals surface area contributed by atoms with E-state index in [1.807, 2.05) is 24.3 Å². The average Bonchev–Trinajstić information content (AvgIpc) is 2.99. The number of hydrogen-bond donors (Lipinski definition) is 1. The minimum absolute atomic E-state index is 0.0169. The molecule has 146 valence electrons. The molecule has 2 aliphatic rings. The summed E-state index contributed by atoms with van der Waals surface area (Å²) in [6.45, 7) is 2.76. The Balaban J connectivity index is 1.45. The van der Waals surface area contributed by atoms with E-state index in [4.69, 9.17) is 4.74 Å². The van der Waals surface area contributed by atoms with E-state index in [1.165, 1.54) is 16.0 Å². The van der Waals surface area contributed by atoms with Gasteiger partial charge in [-0.3, -0.25) is 4.90 Å². The van der Waals surface area contributed by atoms with Crippen molar-refractivity contribution in [1.29, 1.82) is 0 Å². The van der Waals surface area contributed by atoms with Crippen LogP contribution in [0.15, 0.2) is 48.5 Å². The number of carbonyl (C=O) groups is 2. The monoisotopic (exact) mass is 379 g/mol. The van der Waals surface area contributed by atoms with Gasteiger partial charge in [0, 0.05) is 18.4 Å². The molecular formula is C23H25NO4. The molecule has 28 heavy (non-hydrogen) atoms. The first-order chi connectivity index (χ1) is 13.6. The molecule has 1 aliphatic heterocycles. The Morgan fingerprint density at radius 1 is 1.07 bits per heavy atom. The van der Waals surface area contributed by atoms with Gasteiger partial charge in [0.05, 0.1) is 0 Å². The first kappa shape index (κ1) is 18.5. The smallest absolute Gasteiger partial charge is 0.410 e. The van der Waals surface area contributed by atoms with E-state index in [9.17, 15) is 14.7 Å². The number of amides is 1. The maximum Gasteiger partial charge on any atom is 0.410 e. The third-order valence-electron chi connectivity index (χ3n) is 5.97. The van der Waals surface area contributed by atoms with Gasteiger partial charge in [-0.1, -0.05) is 68.3 Å². The SMILES string of the molecule is CCCCC1CN(C(=O)OCC2c3ccccc3-c3ccccc32)C1C(=O)O. The van der Waals surface area contributed by atoms with Crippen LogP contribution in [-0.2, 0) is 9.53 Å². The zero-order valence-corrected chi connectivity index (χ0v) is 16.0. The molecular weight excluding hydrogens is 354 g/mol. The third-order valence-corrected chi connectivity index (χ3v) is 5.97. The number of fused-ring (bicyclic) bond motifs is 3. The molecule has 0 spiro atoms. The standard InChI is InChI=1S/C23H25NO4/c1-2-3-8-15-13-24(21(15)22(25)26)23(27)28-14-20-18-11-6-4-9-16(18)17-10-5-7-12-19(17)20/h4-7,9-12,15,20-21H,2-3,8,13-14H2,1H3,(H,25,26). The predicted molar refractivity (Wildman–Crippen MR) is 106 cm³/mol. The number of benzene rings is 2. The van der Waals surface area contributed by atoms with Gasteiger partial charge in [-0.15, -0.1) is 0 Å². The maximum absolute atomic E-state index is 12.6. The highest BCUT2D eigenvalue weighted by molar-refractivity contribution is 5.83. The van der Waals surface area contributed by atoms with Crippen LogP contribution in [0.5, 0.6) is 0 Å². The van der Waals surface area contributed by atoms with Crippen LogP contribution >= 0.6 is 0 Å². The van der Waals surface area contributed by atoms with Gasteiger partial charge in [-0.25, -0.2) is 9.59 Å². The summed E-state index contributed by atoms with van der Waals surface area (Å²) in [5.74, 6) is -0.935. The zero-order valence-electron chi connectivity index (χ0n) is 16.0. The van der Waals surface area contributed by atoms with Crippen molar-refractivity contribution in [2.75, 3.05) is 13.2 Å². The molecule has 5 nitrogen and oxygen atoms in total. The number of nitrogens with zero attached hydrogens (tertiary/aromatic N) is 1. The largest absolute Gasteiger partial charge is 0.480 e. The first-order valence-electron chi connectivity index (χ1n) is 9.96. The van der Waals surface area contributed by atoms with Crippen LogP contribution in [-0.4, -0.2) is 41.3 Å². The molecule has 0 saturated carbocycles. The fourth-order valence-corrected chi connectivity index (χ4v) is 4.50. The molecule has 5 heteroatoms.